The molecule has 0 radical (unpaired) electrons. The van der Waals surface area contributed by atoms with Crippen LogP contribution in [-0.4, -0.2) is 25.1 Å². The van der Waals surface area contributed by atoms with Gasteiger partial charge in [0.2, 0.25) is 0 Å². The SMILES string of the molecule is Cc1cc2c3c(c1)CN(C)CC3COC2. The third-order valence-electron chi connectivity index (χ3n) is 3.45. The minimum absolute atomic E-state index is 0.600. The largest absolute Gasteiger partial charge is 0.376 e. The fourth-order valence-corrected chi connectivity index (χ4v) is 3.00. The first-order valence-electron chi connectivity index (χ1n) is 5.62. The molecular formula is C13H17NO. The Morgan fingerprint density at radius 2 is 2.13 bits per heavy atom. The Morgan fingerprint density at radius 3 is 3.00 bits per heavy atom. The number of benzene rings is 1. The average Bonchev–Trinajstić information content (AvgIpc) is 2.16. The molecule has 2 nitrogen and oxygen atoms in total. The summed E-state index contributed by atoms with van der Waals surface area (Å²) >= 11 is 0. The number of rotatable bonds is 0. The highest BCUT2D eigenvalue weighted by molar-refractivity contribution is 5.43. The number of aryl methyl sites for hydroxylation is 1. The highest BCUT2D eigenvalue weighted by Gasteiger charge is 2.29. The Balaban J connectivity index is 2.16. The van der Waals surface area contributed by atoms with Gasteiger partial charge in [-0.2, -0.15) is 0 Å². The van der Waals surface area contributed by atoms with Crippen LogP contribution in [0.25, 0.3) is 0 Å². The Bertz CT molecular complexity index is 400. The zero-order valence-electron chi connectivity index (χ0n) is 9.42. The van der Waals surface area contributed by atoms with Crippen molar-refractivity contribution < 1.29 is 4.74 Å². The summed E-state index contributed by atoms with van der Waals surface area (Å²) in [6.45, 7) is 6.12. The molecule has 1 unspecified atom stereocenters. The summed E-state index contributed by atoms with van der Waals surface area (Å²) in [6, 6.07) is 4.63. The Kier molecular flexibility index (Phi) is 2.08. The molecule has 2 aliphatic heterocycles. The third kappa shape index (κ3) is 1.48. The first-order chi connectivity index (χ1) is 7.24. The molecule has 0 aliphatic carbocycles. The van der Waals surface area contributed by atoms with Crippen molar-refractivity contribution in [2.75, 3.05) is 20.2 Å². The second kappa shape index (κ2) is 3.32. The molecule has 0 fully saturated rings. The lowest BCUT2D eigenvalue weighted by atomic mass is 9.84. The van der Waals surface area contributed by atoms with Crippen LogP contribution in [0.1, 0.15) is 28.2 Å². The Labute approximate surface area is 90.8 Å². The van der Waals surface area contributed by atoms with Gasteiger partial charge in [-0.05, 0) is 30.7 Å². The number of ether oxygens (including phenoxy) is 1. The summed E-state index contributed by atoms with van der Waals surface area (Å²) < 4.78 is 5.66. The second-order valence-corrected chi connectivity index (χ2v) is 4.91. The molecule has 3 rings (SSSR count). The summed E-state index contributed by atoms with van der Waals surface area (Å²) in [5.74, 6) is 0.600. The molecule has 15 heavy (non-hydrogen) atoms. The minimum Gasteiger partial charge on any atom is -0.376 e. The van der Waals surface area contributed by atoms with Crippen LogP contribution in [-0.2, 0) is 17.9 Å². The molecule has 0 saturated carbocycles. The quantitative estimate of drug-likeness (QED) is 0.640. The van der Waals surface area contributed by atoms with Crippen molar-refractivity contribution in [3.63, 3.8) is 0 Å². The van der Waals surface area contributed by atoms with Crippen molar-refractivity contribution in [3.05, 3.63) is 34.4 Å². The average molecular weight is 203 g/mol. The predicted molar refractivity (Wildman–Crippen MR) is 59.9 cm³/mol. The minimum atomic E-state index is 0.600. The van der Waals surface area contributed by atoms with Crippen LogP contribution in [0.2, 0.25) is 0 Å². The van der Waals surface area contributed by atoms with E-state index in [-0.39, 0.29) is 0 Å². The van der Waals surface area contributed by atoms with E-state index in [2.05, 4.69) is 31.0 Å². The van der Waals surface area contributed by atoms with Crippen LogP contribution < -0.4 is 0 Å². The van der Waals surface area contributed by atoms with Crippen molar-refractivity contribution in [2.45, 2.75) is 26.0 Å². The maximum atomic E-state index is 5.66. The maximum Gasteiger partial charge on any atom is 0.0720 e. The molecule has 80 valence electrons. The van der Waals surface area contributed by atoms with E-state index in [0.717, 1.165) is 26.3 Å². The van der Waals surface area contributed by atoms with Gasteiger partial charge < -0.3 is 9.64 Å². The smallest absolute Gasteiger partial charge is 0.0720 e. The monoisotopic (exact) mass is 203 g/mol. The molecule has 0 aromatic heterocycles. The zero-order valence-corrected chi connectivity index (χ0v) is 9.42. The summed E-state index contributed by atoms with van der Waals surface area (Å²) in [7, 11) is 2.19. The van der Waals surface area contributed by atoms with Crippen molar-refractivity contribution in [1.82, 2.24) is 4.90 Å². The van der Waals surface area contributed by atoms with Gasteiger partial charge in [0, 0.05) is 19.0 Å². The predicted octanol–water partition coefficient (Wildman–Crippen LogP) is 2.05. The van der Waals surface area contributed by atoms with Crippen molar-refractivity contribution in [1.29, 1.82) is 0 Å². The van der Waals surface area contributed by atoms with Gasteiger partial charge >= 0.3 is 0 Å². The first kappa shape index (κ1) is 9.37. The van der Waals surface area contributed by atoms with Crippen LogP contribution in [0, 0.1) is 6.92 Å². The lowest BCUT2D eigenvalue weighted by Crippen LogP contribution is -2.35. The highest BCUT2D eigenvalue weighted by Crippen LogP contribution is 2.35. The molecule has 0 amide bonds. The van der Waals surface area contributed by atoms with Crippen molar-refractivity contribution in [3.8, 4) is 0 Å². The summed E-state index contributed by atoms with van der Waals surface area (Å²) in [4.78, 5) is 2.39. The first-order valence-corrected chi connectivity index (χ1v) is 5.62. The summed E-state index contributed by atoms with van der Waals surface area (Å²) in [5.41, 5.74) is 5.90. The Morgan fingerprint density at radius 1 is 1.33 bits per heavy atom. The molecule has 0 saturated heterocycles. The number of hydrogen-bond acceptors (Lipinski definition) is 2. The normalized spacial score (nSPS) is 25.1. The van der Waals surface area contributed by atoms with Crippen LogP contribution >= 0.6 is 0 Å². The fourth-order valence-electron chi connectivity index (χ4n) is 3.00. The molecule has 1 atom stereocenters. The van der Waals surface area contributed by atoms with Crippen LogP contribution in [0.4, 0.5) is 0 Å². The molecule has 0 spiro atoms. The van der Waals surface area contributed by atoms with Gasteiger partial charge in [-0.3, -0.25) is 0 Å². The molecule has 0 N–H and O–H groups in total. The molecular weight excluding hydrogens is 186 g/mol. The van der Waals surface area contributed by atoms with Gasteiger partial charge in [0.1, 0.15) is 0 Å². The van der Waals surface area contributed by atoms with Gasteiger partial charge in [-0.1, -0.05) is 17.7 Å². The van der Waals surface area contributed by atoms with Gasteiger partial charge in [0.25, 0.3) is 0 Å². The summed E-state index contributed by atoms with van der Waals surface area (Å²) in [5, 5.41) is 0. The van der Waals surface area contributed by atoms with E-state index in [1.54, 1.807) is 5.56 Å². The Hall–Kier alpha value is -0.860. The molecule has 2 heterocycles. The molecule has 2 heteroatoms. The molecule has 2 aliphatic rings. The van der Waals surface area contributed by atoms with Crippen molar-refractivity contribution in [2.24, 2.45) is 0 Å². The highest BCUT2D eigenvalue weighted by atomic mass is 16.5. The third-order valence-corrected chi connectivity index (χ3v) is 3.45. The fraction of sp³-hybridized carbons (Fsp3) is 0.538. The standard InChI is InChI=1S/C13H17NO/c1-9-3-10-5-14(2)6-12-8-15-7-11(4-9)13(10)12/h3-4,12H,5-8H2,1-2H3. The number of hydrogen-bond donors (Lipinski definition) is 0. The van der Waals surface area contributed by atoms with Gasteiger partial charge in [-0.25, -0.2) is 0 Å². The van der Waals surface area contributed by atoms with Crippen LogP contribution in [0.3, 0.4) is 0 Å². The number of likely N-dealkylation sites (N-methyl/N-ethyl adjacent to an activating group) is 1. The molecule has 1 aromatic carbocycles. The van der Waals surface area contributed by atoms with Gasteiger partial charge in [0.15, 0.2) is 0 Å². The van der Waals surface area contributed by atoms with Crippen molar-refractivity contribution >= 4 is 0 Å². The van der Waals surface area contributed by atoms with Crippen LogP contribution in [0.15, 0.2) is 12.1 Å². The van der Waals surface area contributed by atoms with Gasteiger partial charge in [-0.15, -0.1) is 0 Å². The lowest BCUT2D eigenvalue weighted by Gasteiger charge is -2.36. The molecule has 1 aromatic rings. The van der Waals surface area contributed by atoms with Gasteiger partial charge in [0.05, 0.1) is 13.2 Å². The van der Waals surface area contributed by atoms with E-state index in [4.69, 9.17) is 4.74 Å². The van der Waals surface area contributed by atoms with Crippen LogP contribution in [0.5, 0.6) is 0 Å². The van der Waals surface area contributed by atoms with E-state index in [9.17, 15) is 0 Å². The topological polar surface area (TPSA) is 12.5 Å². The van der Waals surface area contributed by atoms with E-state index in [0.29, 0.717) is 5.92 Å². The zero-order chi connectivity index (χ0) is 10.4. The lowest BCUT2D eigenvalue weighted by molar-refractivity contribution is 0.0741. The number of nitrogens with zero attached hydrogens (tertiary/aromatic N) is 1. The second-order valence-electron chi connectivity index (χ2n) is 4.91. The molecule has 0 bridgehead atoms. The maximum absolute atomic E-state index is 5.66. The van der Waals surface area contributed by atoms with E-state index < -0.39 is 0 Å². The van der Waals surface area contributed by atoms with E-state index >= 15 is 0 Å². The van der Waals surface area contributed by atoms with E-state index in [1.807, 2.05) is 0 Å². The van der Waals surface area contributed by atoms with E-state index in [1.165, 1.54) is 16.7 Å². The summed E-state index contributed by atoms with van der Waals surface area (Å²) in [6.07, 6.45) is 0.